The predicted octanol–water partition coefficient (Wildman–Crippen LogP) is -2.06. The molecule has 0 aliphatic rings. The number of rotatable bonds is 31. The number of nitrogens with two attached hydrogens (primary N) is 3. The molecule has 0 aliphatic carbocycles. The first-order chi connectivity index (χ1) is 33.8. The summed E-state index contributed by atoms with van der Waals surface area (Å²) in [5.41, 5.74) is 18.1. The molecule has 17 N–H and O–H groups in total. The first kappa shape index (κ1) is 60.8. The van der Waals surface area contributed by atoms with E-state index in [0.717, 1.165) is 0 Å². The van der Waals surface area contributed by atoms with E-state index < -0.39 is 120 Å². The highest BCUT2D eigenvalue weighted by molar-refractivity contribution is 5.97. The van der Waals surface area contributed by atoms with Gasteiger partial charge in [-0.2, -0.15) is 0 Å². The highest BCUT2D eigenvalue weighted by atomic mass is 16.4. The smallest absolute Gasteiger partial charge is 0.326 e. The van der Waals surface area contributed by atoms with E-state index in [1.165, 1.54) is 50.2 Å². The van der Waals surface area contributed by atoms with Crippen LogP contribution in [0.3, 0.4) is 0 Å². The Bertz CT molecular complexity index is 2170. The van der Waals surface area contributed by atoms with E-state index >= 15 is 0 Å². The van der Waals surface area contributed by atoms with Gasteiger partial charge in [0.05, 0.1) is 12.6 Å². The van der Waals surface area contributed by atoms with E-state index in [2.05, 4.69) is 42.5 Å². The summed E-state index contributed by atoms with van der Waals surface area (Å²) in [7, 11) is 0. The molecule has 9 amide bonds. The van der Waals surface area contributed by atoms with Crippen molar-refractivity contribution in [3.8, 4) is 11.5 Å². The number of aromatic hydroxyl groups is 2. The molecule has 0 unspecified atom stereocenters. The minimum atomic E-state index is -1.46. The molecule has 0 saturated heterocycles. The van der Waals surface area contributed by atoms with Crippen LogP contribution in [0.1, 0.15) is 91.2 Å². The van der Waals surface area contributed by atoms with E-state index in [1.807, 2.05) is 0 Å². The number of amides is 9. The lowest BCUT2D eigenvalue weighted by Gasteiger charge is -2.28. The number of carbonyl (C=O) groups excluding carboxylic acids is 9. The Morgan fingerprint density at radius 3 is 1.54 bits per heavy atom. The molecule has 72 heavy (non-hydrogen) atoms. The Morgan fingerprint density at radius 2 is 1.03 bits per heavy atom. The number of aliphatic carboxylic acids is 1. The van der Waals surface area contributed by atoms with E-state index in [1.54, 1.807) is 39.8 Å². The molecule has 0 aromatic heterocycles. The van der Waals surface area contributed by atoms with E-state index in [4.69, 9.17) is 17.2 Å². The molecule has 0 saturated carbocycles. The molecule has 0 fully saturated rings. The van der Waals surface area contributed by atoms with Crippen molar-refractivity contribution < 1.29 is 63.3 Å². The number of unbranched alkanes of at least 4 members (excludes halogenated alkanes) is 1. The Morgan fingerprint density at radius 1 is 0.542 bits per heavy atom. The second-order valence-corrected chi connectivity index (χ2v) is 18.3. The van der Waals surface area contributed by atoms with Crippen molar-refractivity contribution in [2.75, 3.05) is 13.1 Å². The molecule has 0 spiro atoms. The Labute approximate surface area is 418 Å². The first-order valence-corrected chi connectivity index (χ1v) is 23.7. The summed E-state index contributed by atoms with van der Waals surface area (Å²) < 4.78 is 0. The van der Waals surface area contributed by atoms with Gasteiger partial charge >= 0.3 is 5.97 Å². The third-order valence-electron chi connectivity index (χ3n) is 11.1. The Hall–Kier alpha value is -7.34. The van der Waals surface area contributed by atoms with Gasteiger partial charge in [-0.3, -0.25) is 43.2 Å². The maximum atomic E-state index is 14.1. The number of carbonyl (C=O) groups is 10. The largest absolute Gasteiger partial charge is 0.508 e. The summed E-state index contributed by atoms with van der Waals surface area (Å²) in [4.78, 5) is 131. The van der Waals surface area contributed by atoms with Crippen molar-refractivity contribution in [2.45, 2.75) is 141 Å². The molecular formula is C48H73N11O13. The predicted molar refractivity (Wildman–Crippen MR) is 263 cm³/mol. The van der Waals surface area contributed by atoms with Gasteiger partial charge in [0, 0.05) is 12.8 Å². The first-order valence-electron chi connectivity index (χ1n) is 23.7. The SMILES string of the molecule is CC(C)C[C@H](NC(=O)[C@@H](NC(=O)[C@H](CCCCN)NC(=O)[C@H](Cc1ccc(O)cc1)NC(=O)CNC(=O)[C@H](CCC(N)=O)NC(=O)[C@H](C)NC(=O)[C@H](C)NC(=O)[C@@H](N)Cc1ccc(O)cc1)C(C)C)C(=O)O. The highest BCUT2D eigenvalue weighted by Crippen LogP contribution is 2.14. The van der Waals surface area contributed by atoms with Crippen LogP contribution >= 0.6 is 0 Å². The summed E-state index contributed by atoms with van der Waals surface area (Å²) in [5, 5.41) is 49.0. The molecule has 24 nitrogen and oxygen atoms in total. The van der Waals surface area contributed by atoms with Gasteiger partial charge in [0.1, 0.15) is 53.8 Å². The molecule has 0 bridgehead atoms. The number of carboxylic acid groups (broad SMARTS) is 1. The topological polar surface area (TPSA) is 406 Å². The summed E-state index contributed by atoms with van der Waals surface area (Å²) >= 11 is 0. The molecule has 0 aliphatic heterocycles. The van der Waals surface area contributed by atoms with E-state index in [9.17, 15) is 63.3 Å². The van der Waals surface area contributed by atoms with Gasteiger partial charge in [-0.05, 0) is 106 Å². The van der Waals surface area contributed by atoms with Gasteiger partial charge in [0.15, 0.2) is 0 Å². The molecule has 2 aromatic rings. The van der Waals surface area contributed by atoms with Gasteiger partial charge in [-0.15, -0.1) is 0 Å². The average Bonchev–Trinajstić information content (AvgIpc) is 3.31. The lowest BCUT2D eigenvalue weighted by molar-refractivity contribution is -0.143. The Kier molecular flexibility index (Phi) is 25.7. The summed E-state index contributed by atoms with van der Waals surface area (Å²) in [6, 6.07) is 1.68. The highest BCUT2D eigenvalue weighted by Gasteiger charge is 2.34. The van der Waals surface area contributed by atoms with Crippen LogP contribution in [0.15, 0.2) is 48.5 Å². The molecular weight excluding hydrogens is 939 g/mol. The molecule has 24 heteroatoms. The zero-order valence-electron chi connectivity index (χ0n) is 41.6. The monoisotopic (exact) mass is 1010 g/mol. The fraction of sp³-hybridized carbons (Fsp3) is 0.542. The fourth-order valence-corrected chi connectivity index (χ4v) is 7.01. The minimum absolute atomic E-state index is 0.0330. The summed E-state index contributed by atoms with van der Waals surface area (Å²) in [5.74, 6) is -9.23. The van der Waals surface area contributed by atoms with Crippen LogP contribution in [0.5, 0.6) is 11.5 Å². The fourth-order valence-electron chi connectivity index (χ4n) is 7.01. The van der Waals surface area contributed by atoms with E-state index in [-0.39, 0.29) is 62.5 Å². The average molecular weight is 1010 g/mol. The minimum Gasteiger partial charge on any atom is -0.508 e. The molecule has 2 aromatic carbocycles. The second kappa shape index (κ2) is 30.4. The number of hydrogen-bond donors (Lipinski definition) is 14. The van der Waals surface area contributed by atoms with Gasteiger partial charge in [0.2, 0.25) is 53.2 Å². The van der Waals surface area contributed by atoms with Crippen LogP contribution in [-0.4, -0.2) is 136 Å². The number of benzene rings is 2. The molecule has 2 rings (SSSR count). The normalized spacial score (nSPS) is 14.4. The van der Waals surface area contributed by atoms with Crippen molar-refractivity contribution in [3.63, 3.8) is 0 Å². The van der Waals surface area contributed by atoms with Crippen LogP contribution in [0.4, 0.5) is 0 Å². The van der Waals surface area contributed by atoms with E-state index in [0.29, 0.717) is 24.0 Å². The molecule has 0 heterocycles. The van der Waals surface area contributed by atoms with Crippen LogP contribution in [0.2, 0.25) is 0 Å². The summed E-state index contributed by atoms with van der Waals surface area (Å²) in [6.07, 6.45) is 0.231. The third kappa shape index (κ3) is 22.2. The number of phenols is 2. The summed E-state index contributed by atoms with van der Waals surface area (Å²) in [6.45, 7) is 9.04. The number of nitrogens with one attached hydrogen (secondary N) is 8. The van der Waals surface area contributed by atoms with Crippen LogP contribution in [0.25, 0.3) is 0 Å². The zero-order valence-corrected chi connectivity index (χ0v) is 41.6. The lowest BCUT2D eigenvalue weighted by atomic mass is 9.99. The van der Waals surface area contributed by atoms with Crippen molar-refractivity contribution in [1.29, 1.82) is 0 Å². The second-order valence-electron chi connectivity index (χ2n) is 18.3. The maximum Gasteiger partial charge on any atom is 0.326 e. The molecule has 8 atom stereocenters. The Balaban J connectivity index is 2.21. The number of phenolic OH excluding ortho intramolecular Hbond substituents is 2. The van der Waals surface area contributed by atoms with Crippen molar-refractivity contribution >= 4 is 59.1 Å². The molecule has 0 radical (unpaired) electrons. The van der Waals surface area contributed by atoms with Crippen molar-refractivity contribution in [2.24, 2.45) is 29.0 Å². The maximum absolute atomic E-state index is 14.1. The van der Waals surface area contributed by atoms with Crippen LogP contribution in [0, 0.1) is 11.8 Å². The van der Waals surface area contributed by atoms with Gasteiger partial charge in [-0.1, -0.05) is 52.0 Å². The lowest BCUT2D eigenvalue weighted by Crippen LogP contribution is -2.59. The van der Waals surface area contributed by atoms with Gasteiger partial charge in [0.25, 0.3) is 0 Å². The van der Waals surface area contributed by atoms with Crippen molar-refractivity contribution in [1.82, 2.24) is 42.5 Å². The molecule has 398 valence electrons. The zero-order chi connectivity index (χ0) is 54.2. The quantitative estimate of drug-likeness (QED) is 0.0361. The van der Waals surface area contributed by atoms with Gasteiger partial charge in [-0.25, -0.2) is 4.79 Å². The standard InChI is InChI=1S/C48H73N11O13/c1-25(2)21-37(48(71)72)58-47(70)40(26(3)4)59-45(68)34(9-7-8-20-49)57-46(69)36(23-30-12-16-32(61)17-13-30)55-39(63)24-52-44(67)35(18-19-38(51)62)56-42(65)28(6)53-41(64)27(5)54-43(66)33(50)22-29-10-14-31(60)15-11-29/h10-17,25-28,33-37,40,60-61H,7-9,18-24,49-50H2,1-6H3,(H2,51,62)(H,52,67)(H,53,64)(H,54,66)(H,55,63)(H,56,65)(H,57,69)(H,58,70)(H,59,68)(H,71,72)/t27-,28-,33-,34-,35-,36-,37-,40-/m0/s1. The van der Waals surface area contributed by atoms with Crippen LogP contribution < -0.4 is 59.7 Å². The van der Waals surface area contributed by atoms with Crippen molar-refractivity contribution in [3.05, 3.63) is 59.7 Å². The number of carboxylic acids is 1. The van der Waals surface area contributed by atoms with Crippen LogP contribution in [-0.2, 0) is 60.8 Å². The number of hydrogen-bond acceptors (Lipinski definition) is 14. The van der Waals surface area contributed by atoms with Gasteiger partial charge < -0.3 is 75.1 Å². The third-order valence-corrected chi connectivity index (χ3v) is 11.1. The number of primary amides is 1.